The fraction of sp³-hybridized carbons (Fsp3) is 0.0625. The summed E-state index contributed by atoms with van der Waals surface area (Å²) in [5.74, 6) is -1.17. The largest absolute Gasteiger partial charge is 0.573 e. The van der Waals surface area contributed by atoms with Crippen molar-refractivity contribution in [1.29, 1.82) is 0 Å². The maximum absolute atomic E-state index is 12.4. The summed E-state index contributed by atoms with van der Waals surface area (Å²) < 4.78 is 75.5. The lowest BCUT2D eigenvalue weighted by Gasteiger charge is -2.13. The molecule has 26 heavy (non-hydrogen) atoms. The molecule has 0 fully saturated rings. The van der Waals surface area contributed by atoms with Crippen LogP contribution in [0.4, 0.5) is 13.2 Å². The van der Waals surface area contributed by atoms with Gasteiger partial charge in [0.25, 0.3) is 0 Å². The van der Waals surface area contributed by atoms with Gasteiger partial charge in [0, 0.05) is 17.5 Å². The molecule has 6 nitrogen and oxygen atoms in total. The molecule has 3 rings (SSSR count). The van der Waals surface area contributed by atoms with Gasteiger partial charge >= 0.3 is 22.1 Å². The first-order chi connectivity index (χ1) is 12.1. The second-order valence-corrected chi connectivity index (χ2v) is 6.50. The molecule has 1 aromatic heterocycles. The number of para-hydroxylation sites is 1. The molecule has 0 amide bonds. The molecule has 10 heteroatoms. The standard InChI is InChI=1S/C16H9F3O6S/c17-16(18,19)24-12-3-1-2-4-14(12)26(21,22)25-11-7-5-10-6-8-15(20)23-13(10)9-11/h1-9H. The molecule has 0 aliphatic heterocycles. The molecule has 0 unspecified atom stereocenters. The fourth-order valence-electron chi connectivity index (χ4n) is 2.13. The van der Waals surface area contributed by atoms with Crippen LogP contribution in [-0.4, -0.2) is 14.8 Å². The predicted octanol–water partition coefficient (Wildman–Crippen LogP) is 3.46. The smallest absolute Gasteiger partial charge is 0.423 e. The van der Waals surface area contributed by atoms with Crippen LogP contribution >= 0.6 is 0 Å². The SMILES string of the molecule is O=c1ccc2ccc(OS(=O)(=O)c3ccccc3OC(F)(F)F)cc2o1. The summed E-state index contributed by atoms with van der Waals surface area (Å²) in [4.78, 5) is 10.4. The zero-order valence-electron chi connectivity index (χ0n) is 12.7. The summed E-state index contributed by atoms with van der Waals surface area (Å²) in [6.45, 7) is 0. The molecule has 0 N–H and O–H groups in total. The van der Waals surface area contributed by atoms with Crippen LogP contribution in [-0.2, 0) is 10.1 Å². The van der Waals surface area contributed by atoms with Crippen molar-refractivity contribution in [2.75, 3.05) is 0 Å². The first-order valence-electron chi connectivity index (χ1n) is 6.97. The van der Waals surface area contributed by atoms with E-state index in [9.17, 15) is 26.4 Å². The summed E-state index contributed by atoms with van der Waals surface area (Å²) in [7, 11) is -4.64. The second-order valence-electron chi connectivity index (χ2n) is 4.99. The van der Waals surface area contributed by atoms with E-state index in [1.54, 1.807) is 0 Å². The van der Waals surface area contributed by atoms with Gasteiger partial charge in [0.15, 0.2) is 5.75 Å². The summed E-state index contributed by atoms with van der Waals surface area (Å²) in [5.41, 5.74) is -0.591. The van der Waals surface area contributed by atoms with Gasteiger partial charge in [-0.05, 0) is 30.3 Å². The van der Waals surface area contributed by atoms with Crippen LogP contribution in [0.2, 0.25) is 0 Å². The number of rotatable bonds is 4. The van der Waals surface area contributed by atoms with Gasteiger partial charge in [-0.1, -0.05) is 12.1 Å². The van der Waals surface area contributed by atoms with Crippen LogP contribution in [0, 0.1) is 0 Å². The lowest BCUT2D eigenvalue weighted by molar-refractivity contribution is -0.275. The van der Waals surface area contributed by atoms with E-state index in [2.05, 4.69) is 4.74 Å². The van der Waals surface area contributed by atoms with Gasteiger partial charge in [0.1, 0.15) is 16.2 Å². The van der Waals surface area contributed by atoms with Crippen LogP contribution < -0.4 is 14.5 Å². The van der Waals surface area contributed by atoms with Gasteiger partial charge in [0.2, 0.25) is 0 Å². The number of alkyl halides is 3. The molecule has 3 aromatic rings. The Labute approximate surface area is 144 Å². The molecule has 0 aliphatic carbocycles. The predicted molar refractivity (Wildman–Crippen MR) is 83.4 cm³/mol. The second kappa shape index (κ2) is 6.37. The average Bonchev–Trinajstić information content (AvgIpc) is 2.53. The highest BCUT2D eigenvalue weighted by atomic mass is 32.2. The van der Waals surface area contributed by atoms with E-state index in [1.807, 2.05) is 0 Å². The maximum atomic E-state index is 12.4. The number of benzene rings is 2. The Morgan fingerprint density at radius 3 is 2.38 bits per heavy atom. The zero-order valence-corrected chi connectivity index (χ0v) is 13.5. The summed E-state index contributed by atoms with van der Waals surface area (Å²) in [6.07, 6.45) is -5.07. The molecular weight excluding hydrogens is 377 g/mol. The minimum absolute atomic E-state index is 0.0602. The lowest BCUT2D eigenvalue weighted by atomic mass is 10.2. The molecule has 0 spiro atoms. The minimum Gasteiger partial charge on any atom is -0.423 e. The van der Waals surface area contributed by atoms with Crippen LogP contribution in [0.3, 0.4) is 0 Å². The van der Waals surface area contributed by atoms with E-state index in [4.69, 9.17) is 8.60 Å². The number of ether oxygens (including phenoxy) is 1. The third-order valence-corrected chi connectivity index (χ3v) is 4.43. The van der Waals surface area contributed by atoms with Crippen molar-refractivity contribution < 1.29 is 34.9 Å². The Balaban J connectivity index is 1.98. The van der Waals surface area contributed by atoms with Gasteiger partial charge in [-0.3, -0.25) is 0 Å². The van der Waals surface area contributed by atoms with Crippen molar-refractivity contribution in [3.63, 3.8) is 0 Å². The third kappa shape index (κ3) is 3.97. The lowest BCUT2D eigenvalue weighted by Crippen LogP contribution is -2.20. The molecule has 1 heterocycles. The molecule has 0 aliphatic rings. The van der Waals surface area contributed by atoms with Crippen molar-refractivity contribution >= 4 is 21.1 Å². The number of hydrogen-bond donors (Lipinski definition) is 0. The molecule has 0 saturated carbocycles. The summed E-state index contributed by atoms with van der Waals surface area (Å²) >= 11 is 0. The highest BCUT2D eigenvalue weighted by Gasteiger charge is 2.34. The summed E-state index contributed by atoms with van der Waals surface area (Å²) in [6, 6.07) is 10.7. The van der Waals surface area contributed by atoms with Gasteiger partial charge in [0.05, 0.1) is 0 Å². The number of hydrogen-bond acceptors (Lipinski definition) is 6. The third-order valence-electron chi connectivity index (χ3n) is 3.14. The fourth-order valence-corrected chi connectivity index (χ4v) is 3.18. The van der Waals surface area contributed by atoms with E-state index >= 15 is 0 Å². The quantitative estimate of drug-likeness (QED) is 0.505. The van der Waals surface area contributed by atoms with E-state index in [0.29, 0.717) is 5.39 Å². The molecule has 136 valence electrons. The van der Waals surface area contributed by atoms with Crippen molar-refractivity contribution in [3.05, 3.63) is 65.0 Å². The number of halogens is 3. The van der Waals surface area contributed by atoms with Crippen LogP contribution in [0.25, 0.3) is 11.0 Å². The first kappa shape index (κ1) is 17.8. The van der Waals surface area contributed by atoms with Crippen molar-refractivity contribution in [2.45, 2.75) is 11.3 Å². The summed E-state index contributed by atoms with van der Waals surface area (Å²) in [5, 5.41) is 0.509. The van der Waals surface area contributed by atoms with Gasteiger partial charge in [-0.25, -0.2) is 4.79 Å². The van der Waals surface area contributed by atoms with Gasteiger partial charge in [-0.15, -0.1) is 13.2 Å². The maximum Gasteiger partial charge on any atom is 0.573 e. The highest BCUT2D eigenvalue weighted by molar-refractivity contribution is 7.87. The Morgan fingerprint density at radius 1 is 0.962 bits per heavy atom. The Kier molecular flexibility index (Phi) is 4.36. The van der Waals surface area contributed by atoms with Crippen molar-refractivity contribution in [3.8, 4) is 11.5 Å². The van der Waals surface area contributed by atoms with Crippen LogP contribution in [0.15, 0.2) is 68.7 Å². The number of fused-ring (bicyclic) bond motifs is 1. The van der Waals surface area contributed by atoms with Gasteiger partial charge < -0.3 is 13.3 Å². The van der Waals surface area contributed by atoms with E-state index < -0.39 is 32.8 Å². The van der Waals surface area contributed by atoms with E-state index in [1.165, 1.54) is 36.4 Å². The topological polar surface area (TPSA) is 82.8 Å². The average molecular weight is 386 g/mol. The molecule has 0 atom stereocenters. The molecule has 0 saturated heterocycles. The monoisotopic (exact) mass is 386 g/mol. The van der Waals surface area contributed by atoms with E-state index in [0.717, 1.165) is 18.2 Å². The Hall–Kier alpha value is -3.01. The molecule has 0 bridgehead atoms. The minimum atomic E-state index is -5.07. The van der Waals surface area contributed by atoms with Gasteiger partial charge in [-0.2, -0.15) is 8.42 Å². The highest BCUT2D eigenvalue weighted by Crippen LogP contribution is 2.31. The van der Waals surface area contributed by atoms with E-state index in [-0.39, 0.29) is 11.3 Å². The normalized spacial score (nSPS) is 12.1. The molecule has 2 aromatic carbocycles. The Bertz CT molecular complexity index is 1120. The van der Waals surface area contributed by atoms with Crippen molar-refractivity contribution in [1.82, 2.24) is 0 Å². The van der Waals surface area contributed by atoms with Crippen LogP contribution in [0.5, 0.6) is 11.5 Å². The Morgan fingerprint density at radius 2 is 1.65 bits per heavy atom. The zero-order chi connectivity index (χ0) is 18.9. The van der Waals surface area contributed by atoms with Crippen LogP contribution in [0.1, 0.15) is 0 Å². The molecule has 0 radical (unpaired) electrons. The first-order valence-corrected chi connectivity index (χ1v) is 8.38. The van der Waals surface area contributed by atoms with Crippen molar-refractivity contribution in [2.24, 2.45) is 0 Å². The molecular formula is C16H9F3O6S.